The Labute approximate surface area is 69.0 Å². The molecule has 0 bridgehead atoms. The lowest BCUT2D eigenvalue weighted by molar-refractivity contribution is -0.120. The van der Waals surface area contributed by atoms with E-state index in [0.29, 0.717) is 0 Å². The number of piperidine rings is 1. The number of alkyl halides is 1. The molecule has 0 aliphatic carbocycles. The molecule has 0 aromatic heterocycles. The third-order valence-corrected chi connectivity index (χ3v) is 2.08. The number of carbonyl (C=O) groups excluding carboxylic acids is 1. The summed E-state index contributed by atoms with van der Waals surface area (Å²) in [7, 11) is 0. The Balaban J connectivity index is 2.49. The fourth-order valence-corrected chi connectivity index (χ4v) is 1.19. The molecule has 68 valence electrons. The average Bonchev–Trinajstić information content (AvgIpc) is 2.05. The van der Waals surface area contributed by atoms with Gasteiger partial charge in [0.2, 0.25) is 0 Å². The van der Waals surface area contributed by atoms with Crippen LogP contribution in [-0.4, -0.2) is 41.1 Å². The van der Waals surface area contributed by atoms with Crippen LogP contribution in [0.1, 0.15) is 12.8 Å². The molecule has 0 aromatic rings. The number of carboxylic acid groups (broad SMARTS) is 1. The fraction of sp³-hybridized carbons (Fsp3) is 0.714. The van der Waals surface area contributed by atoms with Gasteiger partial charge >= 0.3 is 6.09 Å². The highest BCUT2D eigenvalue weighted by Gasteiger charge is 2.35. The van der Waals surface area contributed by atoms with Crippen molar-refractivity contribution in [3.05, 3.63) is 0 Å². The van der Waals surface area contributed by atoms with Crippen LogP contribution in [0.3, 0.4) is 0 Å². The van der Waals surface area contributed by atoms with E-state index in [1.165, 1.54) is 0 Å². The smallest absolute Gasteiger partial charge is 0.407 e. The van der Waals surface area contributed by atoms with Crippen LogP contribution in [0.2, 0.25) is 0 Å². The van der Waals surface area contributed by atoms with Crippen molar-refractivity contribution in [2.75, 3.05) is 13.1 Å². The van der Waals surface area contributed by atoms with E-state index in [1.807, 2.05) is 0 Å². The molecule has 1 aliphatic rings. The zero-order chi connectivity index (χ0) is 9.19. The Bertz CT molecular complexity index is 199. The monoisotopic (exact) mass is 175 g/mol. The van der Waals surface area contributed by atoms with Gasteiger partial charge in [0.1, 0.15) is 0 Å². The summed E-state index contributed by atoms with van der Waals surface area (Å²) in [5, 5.41) is 8.50. The van der Waals surface area contributed by atoms with E-state index in [9.17, 15) is 14.0 Å². The maximum absolute atomic E-state index is 13.2. The number of hydrogen-bond acceptors (Lipinski definition) is 2. The van der Waals surface area contributed by atoms with Crippen LogP contribution in [-0.2, 0) is 4.79 Å². The Morgan fingerprint density at radius 1 is 1.50 bits per heavy atom. The summed E-state index contributed by atoms with van der Waals surface area (Å²) in [4.78, 5) is 21.7. The maximum atomic E-state index is 13.2. The lowest BCUT2D eigenvalue weighted by atomic mass is 9.95. The lowest BCUT2D eigenvalue weighted by Crippen LogP contribution is -2.44. The number of carbonyl (C=O) groups is 2. The van der Waals surface area contributed by atoms with E-state index in [1.54, 1.807) is 0 Å². The van der Waals surface area contributed by atoms with E-state index in [2.05, 4.69) is 0 Å². The molecule has 1 saturated heterocycles. The van der Waals surface area contributed by atoms with E-state index < -0.39 is 11.8 Å². The summed E-state index contributed by atoms with van der Waals surface area (Å²) in [5.41, 5.74) is -1.80. The van der Waals surface area contributed by atoms with Crippen molar-refractivity contribution in [2.45, 2.75) is 18.5 Å². The first kappa shape index (κ1) is 8.96. The predicted molar refractivity (Wildman–Crippen MR) is 38.7 cm³/mol. The number of likely N-dealkylation sites (tertiary alicyclic amines) is 1. The zero-order valence-electron chi connectivity index (χ0n) is 6.49. The number of halogens is 1. The molecular formula is C7H10FNO3. The normalized spacial score (nSPS) is 21.9. The molecular weight excluding hydrogens is 165 g/mol. The topological polar surface area (TPSA) is 57.6 Å². The average molecular weight is 175 g/mol. The van der Waals surface area contributed by atoms with E-state index in [0.717, 1.165) is 4.90 Å². The van der Waals surface area contributed by atoms with E-state index in [-0.39, 0.29) is 32.2 Å². The highest BCUT2D eigenvalue weighted by atomic mass is 19.1. The summed E-state index contributed by atoms with van der Waals surface area (Å²) in [6.07, 6.45) is -0.833. The van der Waals surface area contributed by atoms with Crippen molar-refractivity contribution in [1.29, 1.82) is 0 Å². The predicted octanol–water partition coefficient (Wildman–Crippen LogP) is 0.667. The van der Waals surface area contributed by atoms with Gasteiger partial charge in [-0.2, -0.15) is 0 Å². The van der Waals surface area contributed by atoms with Crippen LogP contribution in [0.15, 0.2) is 0 Å². The van der Waals surface area contributed by atoms with Gasteiger partial charge in [0, 0.05) is 25.9 Å². The first-order chi connectivity index (χ1) is 5.57. The quantitative estimate of drug-likeness (QED) is 0.596. The van der Waals surface area contributed by atoms with Gasteiger partial charge < -0.3 is 10.0 Å². The molecule has 0 unspecified atom stereocenters. The third-order valence-electron chi connectivity index (χ3n) is 2.08. The summed E-state index contributed by atoms with van der Waals surface area (Å²) in [5.74, 6) is 0. The fourth-order valence-electron chi connectivity index (χ4n) is 1.19. The van der Waals surface area contributed by atoms with Crippen LogP contribution >= 0.6 is 0 Å². The third kappa shape index (κ3) is 1.72. The van der Waals surface area contributed by atoms with Crippen LogP contribution in [0, 0.1) is 0 Å². The lowest BCUT2D eigenvalue weighted by Gasteiger charge is -2.31. The van der Waals surface area contributed by atoms with Crippen molar-refractivity contribution in [3.8, 4) is 0 Å². The van der Waals surface area contributed by atoms with Crippen molar-refractivity contribution >= 4 is 12.4 Å². The second-order valence-electron chi connectivity index (χ2n) is 2.92. The minimum atomic E-state index is -1.80. The van der Waals surface area contributed by atoms with Gasteiger partial charge in [0.25, 0.3) is 0 Å². The largest absolute Gasteiger partial charge is 0.465 e. The number of nitrogens with zero attached hydrogens (tertiary/aromatic N) is 1. The summed E-state index contributed by atoms with van der Waals surface area (Å²) >= 11 is 0. The minimum Gasteiger partial charge on any atom is -0.465 e. The van der Waals surface area contributed by atoms with E-state index >= 15 is 0 Å². The van der Waals surface area contributed by atoms with Crippen molar-refractivity contribution in [2.24, 2.45) is 0 Å². The van der Waals surface area contributed by atoms with Gasteiger partial charge in [-0.15, -0.1) is 0 Å². The molecule has 0 atom stereocenters. The first-order valence-electron chi connectivity index (χ1n) is 3.70. The molecule has 1 amide bonds. The first-order valence-corrected chi connectivity index (χ1v) is 3.70. The molecule has 1 N–H and O–H groups in total. The second-order valence-corrected chi connectivity index (χ2v) is 2.92. The van der Waals surface area contributed by atoms with Crippen LogP contribution in [0.5, 0.6) is 0 Å². The molecule has 1 aliphatic heterocycles. The minimum absolute atomic E-state index is 0.0250. The highest BCUT2D eigenvalue weighted by Crippen LogP contribution is 2.23. The Morgan fingerprint density at radius 2 is 2.00 bits per heavy atom. The number of hydrogen-bond donors (Lipinski definition) is 1. The summed E-state index contributed by atoms with van der Waals surface area (Å²) in [6.45, 7) is 0.204. The highest BCUT2D eigenvalue weighted by molar-refractivity contribution is 5.67. The number of rotatable bonds is 1. The van der Waals surface area contributed by atoms with Gasteiger partial charge in [-0.05, 0) is 0 Å². The molecule has 12 heavy (non-hydrogen) atoms. The van der Waals surface area contributed by atoms with Gasteiger partial charge in [-0.25, -0.2) is 9.18 Å². The molecule has 4 nitrogen and oxygen atoms in total. The molecule has 0 saturated carbocycles. The van der Waals surface area contributed by atoms with Gasteiger partial charge in [-0.3, -0.25) is 4.79 Å². The van der Waals surface area contributed by atoms with Gasteiger partial charge in [0.15, 0.2) is 12.0 Å². The number of aldehydes is 1. The standard InChI is InChI=1S/C7H10FNO3/c8-7(5-10)1-3-9(4-2-7)6(11)12/h5H,1-4H2,(H,11,12). The van der Waals surface area contributed by atoms with Gasteiger partial charge in [0.05, 0.1) is 0 Å². The van der Waals surface area contributed by atoms with Crippen molar-refractivity contribution in [1.82, 2.24) is 4.90 Å². The van der Waals surface area contributed by atoms with E-state index in [4.69, 9.17) is 5.11 Å². The Hall–Kier alpha value is -1.13. The van der Waals surface area contributed by atoms with Crippen LogP contribution in [0.25, 0.3) is 0 Å². The molecule has 1 rings (SSSR count). The molecule has 1 heterocycles. The zero-order valence-corrected chi connectivity index (χ0v) is 6.49. The van der Waals surface area contributed by atoms with Gasteiger partial charge in [-0.1, -0.05) is 0 Å². The summed E-state index contributed by atoms with van der Waals surface area (Å²) < 4.78 is 13.2. The molecule has 5 heteroatoms. The summed E-state index contributed by atoms with van der Waals surface area (Å²) in [6, 6.07) is 0. The molecule has 0 aromatic carbocycles. The second kappa shape index (κ2) is 3.08. The molecule has 0 spiro atoms. The van der Waals surface area contributed by atoms with Crippen molar-refractivity contribution < 1.29 is 19.1 Å². The Kier molecular flexibility index (Phi) is 2.30. The SMILES string of the molecule is O=CC1(F)CCN(C(=O)O)CC1. The maximum Gasteiger partial charge on any atom is 0.407 e. The number of amides is 1. The van der Waals surface area contributed by atoms with Crippen LogP contribution in [0.4, 0.5) is 9.18 Å². The Morgan fingerprint density at radius 3 is 2.33 bits per heavy atom. The van der Waals surface area contributed by atoms with Crippen molar-refractivity contribution in [3.63, 3.8) is 0 Å². The molecule has 0 radical (unpaired) electrons. The molecule has 1 fully saturated rings. The van der Waals surface area contributed by atoms with Crippen LogP contribution < -0.4 is 0 Å².